The van der Waals surface area contributed by atoms with Gasteiger partial charge in [0.2, 0.25) is 10.0 Å². The molecular weight excluding hydrogens is 293 g/mol. The predicted octanol–water partition coefficient (Wildman–Crippen LogP) is 1.29. The Hall–Kier alpha value is -1.02. The highest BCUT2D eigenvalue weighted by Crippen LogP contribution is 2.16. The van der Waals surface area contributed by atoms with Crippen molar-refractivity contribution in [2.75, 3.05) is 20.1 Å². The lowest BCUT2D eigenvalue weighted by Gasteiger charge is -2.20. The van der Waals surface area contributed by atoms with Crippen LogP contribution in [0, 0.1) is 5.82 Å². The highest BCUT2D eigenvalue weighted by Gasteiger charge is 2.18. The average molecular weight is 317 g/mol. The first-order chi connectivity index (χ1) is 9.77. The van der Waals surface area contributed by atoms with Crippen molar-refractivity contribution >= 4 is 10.0 Å². The van der Waals surface area contributed by atoms with E-state index in [9.17, 15) is 12.8 Å². The van der Waals surface area contributed by atoms with E-state index < -0.39 is 15.8 Å². The summed E-state index contributed by atoms with van der Waals surface area (Å²) in [7, 11) is -1.75. The van der Waals surface area contributed by atoms with Gasteiger partial charge in [-0.1, -0.05) is 6.07 Å². The van der Waals surface area contributed by atoms with Gasteiger partial charge in [0.25, 0.3) is 0 Å². The maximum atomic E-state index is 13.3. The molecule has 1 aromatic carbocycles. The molecule has 0 aliphatic heterocycles. The Morgan fingerprint density at radius 1 is 1.38 bits per heavy atom. The zero-order valence-corrected chi connectivity index (χ0v) is 13.6. The molecule has 0 radical (unpaired) electrons. The van der Waals surface area contributed by atoms with Crippen LogP contribution in [0.15, 0.2) is 23.1 Å². The Morgan fingerprint density at radius 2 is 2.05 bits per heavy atom. The Balaban J connectivity index is 2.68. The Labute approximate surface area is 126 Å². The molecule has 0 amide bonds. The number of hydrogen-bond acceptors (Lipinski definition) is 4. The van der Waals surface area contributed by atoms with Crippen LogP contribution >= 0.6 is 0 Å². The van der Waals surface area contributed by atoms with E-state index in [-0.39, 0.29) is 11.4 Å². The third-order valence-corrected chi connectivity index (χ3v) is 4.94. The van der Waals surface area contributed by atoms with Crippen LogP contribution in [0.4, 0.5) is 4.39 Å². The number of nitrogens with two attached hydrogens (primary N) is 1. The molecule has 0 spiro atoms. The molecule has 1 aromatic rings. The summed E-state index contributed by atoms with van der Waals surface area (Å²) in [5.41, 5.74) is 5.91. The summed E-state index contributed by atoms with van der Waals surface area (Å²) in [5, 5.41) is 0. The molecule has 0 fully saturated rings. The molecule has 7 heteroatoms. The number of halogens is 1. The van der Waals surface area contributed by atoms with E-state index in [0.717, 1.165) is 12.6 Å². The van der Waals surface area contributed by atoms with Crippen molar-refractivity contribution in [3.05, 3.63) is 29.6 Å². The summed E-state index contributed by atoms with van der Waals surface area (Å²) in [6, 6.07) is 4.02. The summed E-state index contributed by atoms with van der Waals surface area (Å²) in [6.45, 7) is 5.29. The number of hydrogen-bond donors (Lipinski definition) is 2. The fourth-order valence-electron chi connectivity index (χ4n) is 1.82. The van der Waals surface area contributed by atoms with Crippen molar-refractivity contribution in [1.82, 2.24) is 9.62 Å². The first-order valence-corrected chi connectivity index (χ1v) is 8.44. The monoisotopic (exact) mass is 317 g/mol. The van der Waals surface area contributed by atoms with Crippen LogP contribution < -0.4 is 10.5 Å². The summed E-state index contributed by atoms with van der Waals surface area (Å²) in [4.78, 5) is 2.05. The maximum absolute atomic E-state index is 13.3. The second kappa shape index (κ2) is 7.84. The number of rotatable bonds is 8. The van der Waals surface area contributed by atoms with Gasteiger partial charge in [0.05, 0.1) is 4.90 Å². The fourth-order valence-corrected chi connectivity index (χ4v) is 3.15. The smallest absolute Gasteiger partial charge is 0.240 e. The molecule has 0 unspecified atom stereocenters. The van der Waals surface area contributed by atoms with Crippen molar-refractivity contribution in [1.29, 1.82) is 0 Å². The average Bonchev–Trinajstić information content (AvgIpc) is 2.43. The standard InChI is InChI=1S/C14H24FN3O2S/c1-11(2)18(3)8-4-7-17-21(19,20)14-9-13(15)6-5-12(14)10-16/h5-6,9,11,17H,4,7-8,10,16H2,1-3H3. The second-order valence-corrected chi connectivity index (χ2v) is 7.02. The van der Waals surface area contributed by atoms with Gasteiger partial charge < -0.3 is 10.6 Å². The maximum Gasteiger partial charge on any atom is 0.240 e. The van der Waals surface area contributed by atoms with E-state index in [1.807, 2.05) is 7.05 Å². The van der Waals surface area contributed by atoms with Gasteiger partial charge in [-0.25, -0.2) is 17.5 Å². The number of sulfonamides is 1. The quantitative estimate of drug-likeness (QED) is 0.709. The third kappa shape index (κ3) is 5.35. The molecular formula is C14H24FN3O2S. The highest BCUT2D eigenvalue weighted by molar-refractivity contribution is 7.89. The minimum Gasteiger partial charge on any atom is -0.326 e. The lowest BCUT2D eigenvalue weighted by molar-refractivity contribution is 0.271. The summed E-state index contributed by atoms with van der Waals surface area (Å²) >= 11 is 0. The molecule has 1 rings (SSSR count). The number of benzene rings is 1. The van der Waals surface area contributed by atoms with Crippen molar-refractivity contribution < 1.29 is 12.8 Å². The predicted molar refractivity (Wildman–Crippen MR) is 81.9 cm³/mol. The van der Waals surface area contributed by atoms with E-state index in [2.05, 4.69) is 23.5 Å². The largest absolute Gasteiger partial charge is 0.326 e. The first kappa shape index (κ1) is 18.0. The van der Waals surface area contributed by atoms with Gasteiger partial charge in [-0.2, -0.15) is 0 Å². The zero-order chi connectivity index (χ0) is 16.0. The molecule has 21 heavy (non-hydrogen) atoms. The molecule has 0 saturated carbocycles. The molecule has 0 aromatic heterocycles. The van der Waals surface area contributed by atoms with Gasteiger partial charge in [0.15, 0.2) is 0 Å². The van der Waals surface area contributed by atoms with Crippen LogP contribution in [0.5, 0.6) is 0 Å². The fraction of sp³-hybridized carbons (Fsp3) is 0.571. The van der Waals surface area contributed by atoms with Gasteiger partial charge >= 0.3 is 0 Å². The minimum atomic E-state index is -3.73. The van der Waals surface area contributed by atoms with Gasteiger partial charge in [0, 0.05) is 19.1 Å². The van der Waals surface area contributed by atoms with Crippen LogP contribution in [0.25, 0.3) is 0 Å². The third-order valence-electron chi connectivity index (χ3n) is 3.40. The highest BCUT2D eigenvalue weighted by atomic mass is 32.2. The van der Waals surface area contributed by atoms with Crippen molar-refractivity contribution in [3.8, 4) is 0 Å². The van der Waals surface area contributed by atoms with Crippen molar-refractivity contribution in [3.63, 3.8) is 0 Å². The van der Waals surface area contributed by atoms with Crippen molar-refractivity contribution in [2.24, 2.45) is 5.73 Å². The molecule has 0 heterocycles. The molecule has 3 N–H and O–H groups in total. The molecule has 0 bridgehead atoms. The number of nitrogens with one attached hydrogen (secondary N) is 1. The van der Waals surface area contributed by atoms with Crippen LogP contribution in [0.2, 0.25) is 0 Å². The van der Waals surface area contributed by atoms with Crippen LogP contribution in [0.3, 0.4) is 0 Å². The van der Waals surface area contributed by atoms with E-state index in [4.69, 9.17) is 5.73 Å². The van der Waals surface area contributed by atoms with Crippen LogP contribution in [-0.2, 0) is 16.6 Å². The number of nitrogens with zero attached hydrogens (tertiary/aromatic N) is 1. The van der Waals surface area contributed by atoms with Crippen LogP contribution in [-0.4, -0.2) is 39.5 Å². The van der Waals surface area contributed by atoms with Crippen molar-refractivity contribution in [2.45, 2.75) is 37.8 Å². The van der Waals surface area contributed by atoms with Gasteiger partial charge in [0.1, 0.15) is 5.82 Å². The molecule has 0 atom stereocenters. The van der Waals surface area contributed by atoms with E-state index in [0.29, 0.717) is 24.6 Å². The zero-order valence-electron chi connectivity index (χ0n) is 12.8. The summed E-state index contributed by atoms with van der Waals surface area (Å²) in [6.07, 6.45) is 0.682. The minimum absolute atomic E-state index is 0.0482. The van der Waals surface area contributed by atoms with Gasteiger partial charge in [-0.05, 0) is 51.6 Å². The molecule has 0 aliphatic carbocycles. The van der Waals surface area contributed by atoms with E-state index in [1.165, 1.54) is 12.1 Å². The summed E-state index contributed by atoms with van der Waals surface area (Å²) < 4.78 is 40.1. The molecule has 0 saturated heterocycles. The van der Waals surface area contributed by atoms with E-state index >= 15 is 0 Å². The van der Waals surface area contributed by atoms with Crippen LogP contribution in [0.1, 0.15) is 25.8 Å². The Morgan fingerprint density at radius 3 is 2.62 bits per heavy atom. The topological polar surface area (TPSA) is 75.4 Å². The summed E-state index contributed by atoms with van der Waals surface area (Å²) in [5.74, 6) is -0.591. The molecule has 5 nitrogen and oxygen atoms in total. The lowest BCUT2D eigenvalue weighted by Crippen LogP contribution is -2.31. The van der Waals surface area contributed by atoms with Gasteiger partial charge in [-0.15, -0.1) is 0 Å². The SMILES string of the molecule is CC(C)N(C)CCCNS(=O)(=O)c1cc(F)ccc1CN. The molecule has 120 valence electrons. The second-order valence-electron chi connectivity index (χ2n) is 5.28. The Bertz CT molecular complexity index is 561. The lowest BCUT2D eigenvalue weighted by atomic mass is 10.2. The normalized spacial score (nSPS) is 12.3. The van der Waals surface area contributed by atoms with Gasteiger partial charge in [-0.3, -0.25) is 0 Å². The first-order valence-electron chi connectivity index (χ1n) is 6.96. The Kier molecular flexibility index (Phi) is 6.73. The van der Waals surface area contributed by atoms with E-state index in [1.54, 1.807) is 0 Å². The molecule has 0 aliphatic rings.